The van der Waals surface area contributed by atoms with Crippen LogP contribution in [0.15, 0.2) is 0 Å². The maximum atomic E-state index is 3.70. The van der Waals surface area contributed by atoms with Gasteiger partial charge in [0.05, 0.1) is 0 Å². The van der Waals surface area contributed by atoms with Crippen LogP contribution < -0.4 is 5.32 Å². The molecule has 0 bridgehead atoms. The average molecular weight is 212 g/mol. The molecule has 1 aliphatic heterocycles. The van der Waals surface area contributed by atoms with Gasteiger partial charge in [-0.3, -0.25) is 4.90 Å². The summed E-state index contributed by atoms with van der Waals surface area (Å²) in [6.45, 7) is 12.9. The smallest absolute Gasteiger partial charge is 0.0218 e. The highest BCUT2D eigenvalue weighted by molar-refractivity contribution is 4.85. The molecule has 2 atom stereocenters. The van der Waals surface area contributed by atoms with Gasteiger partial charge in [0.15, 0.2) is 0 Å². The molecule has 15 heavy (non-hydrogen) atoms. The molecule has 0 spiro atoms. The molecule has 0 aromatic heterocycles. The minimum absolute atomic E-state index is 0.722. The molecule has 2 heteroatoms. The lowest BCUT2D eigenvalue weighted by molar-refractivity contribution is 0.119. The summed E-state index contributed by atoms with van der Waals surface area (Å²) >= 11 is 0. The van der Waals surface area contributed by atoms with E-state index in [0.29, 0.717) is 0 Å². The molecule has 0 aromatic rings. The van der Waals surface area contributed by atoms with Gasteiger partial charge in [0.1, 0.15) is 0 Å². The normalized spacial score (nSPS) is 28.6. The van der Waals surface area contributed by atoms with Gasteiger partial charge in [-0.15, -0.1) is 0 Å². The summed E-state index contributed by atoms with van der Waals surface area (Å²) < 4.78 is 0. The predicted molar refractivity (Wildman–Crippen MR) is 67.2 cm³/mol. The van der Waals surface area contributed by atoms with E-state index in [1.165, 1.54) is 38.9 Å². The van der Waals surface area contributed by atoms with Crippen molar-refractivity contribution in [2.75, 3.05) is 19.6 Å². The monoisotopic (exact) mass is 212 g/mol. The first-order valence-corrected chi connectivity index (χ1v) is 6.64. The van der Waals surface area contributed by atoms with Crippen LogP contribution in [-0.2, 0) is 0 Å². The molecule has 0 radical (unpaired) electrons. The van der Waals surface area contributed by atoms with E-state index in [9.17, 15) is 0 Å². The lowest BCUT2D eigenvalue weighted by Crippen LogP contribution is -2.56. The molecule has 2 unspecified atom stereocenters. The third kappa shape index (κ3) is 4.12. The summed E-state index contributed by atoms with van der Waals surface area (Å²) in [7, 11) is 0. The number of nitrogens with one attached hydrogen (secondary N) is 1. The largest absolute Gasteiger partial charge is 0.311 e. The molecule has 1 aliphatic rings. The summed E-state index contributed by atoms with van der Waals surface area (Å²) in [5, 5.41) is 3.70. The lowest BCUT2D eigenvalue weighted by Gasteiger charge is -2.40. The molecular formula is C13H28N2. The maximum absolute atomic E-state index is 3.70. The van der Waals surface area contributed by atoms with E-state index < -0.39 is 0 Å². The van der Waals surface area contributed by atoms with Gasteiger partial charge in [-0.05, 0) is 31.7 Å². The standard InChI is InChI=1S/C13H28N2/c1-5-7-15-10-12(8-11(3)4)14-9-13(15)6-2/h11-14H,5-10H2,1-4H3. The van der Waals surface area contributed by atoms with Crippen molar-refractivity contribution in [2.24, 2.45) is 5.92 Å². The van der Waals surface area contributed by atoms with Crippen molar-refractivity contribution in [3.8, 4) is 0 Å². The third-order valence-corrected chi connectivity index (χ3v) is 3.35. The van der Waals surface area contributed by atoms with Gasteiger partial charge in [0, 0.05) is 25.2 Å². The number of rotatable bonds is 5. The van der Waals surface area contributed by atoms with Gasteiger partial charge in [0.25, 0.3) is 0 Å². The fourth-order valence-corrected chi connectivity index (χ4v) is 2.62. The zero-order chi connectivity index (χ0) is 11.3. The molecule has 90 valence electrons. The van der Waals surface area contributed by atoms with Crippen LogP contribution in [0.3, 0.4) is 0 Å². The van der Waals surface area contributed by atoms with E-state index in [0.717, 1.165) is 18.0 Å². The topological polar surface area (TPSA) is 15.3 Å². The molecule has 2 nitrogen and oxygen atoms in total. The average Bonchev–Trinajstić information content (AvgIpc) is 2.18. The Morgan fingerprint density at radius 1 is 1.33 bits per heavy atom. The zero-order valence-corrected chi connectivity index (χ0v) is 10.9. The SMILES string of the molecule is CCCN1CC(CC(C)C)NCC1CC. The molecule has 1 N–H and O–H groups in total. The Labute approximate surface area is 95.4 Å². The Bertz CT molecular complexity index is 168. The van der Waals surface area contributed by atoms with Crippen LogP contribution in [0.25, 0.3) is 0 Å². The Kier molecular flexibility index (Phi) is 5.62. The van der Waals surface area contributed by atoms with Gasteiger partial charge < -0.3 is 5.32 Å². The lowest BCUT2D eigenvalue weighted by atomic mass is 9.99. The fraction of sp³-hybridized carbons (Fsp3) is 1.00. The molecule has 1 heterocycles. The van der Waals surface area contributed by atoms with E-state index in [1.807, 2.05) is 0 Å². The van der Waals surface area contributed by atoms with Crippen LogP contribution >= 0.6 is 0 Å². The number of hydrogen-bond donors (Lipinski definition) is 1. The van der Waals surface area contributed by atoms with Gasteiger partial charge >= 0.3 is 0 Å². The van der Waals surface area contributed by atoms with Crippen molar-refractivity contribution in [3.05, 3.63) is 0 Å². The highest BCUT2D eigenvalue weighted by Crippen LogP contribution is 2.15. The van der Waals surface area contributed by atoms with Crippen molar-refractivity contribution in [1.29, 1.82) is 0 Å². The predicted octanol–water partition coefficient (Wildman–Crippen LogP) is 2.49. The Morgan fingerprint density at radius 3 is 2.60 bits per heavy atom. The van der Waals surface area contributed by atoms with Gasteiger partial charge in [0.2, 0.25) is 0 Å². The maximum Gasteiger partial charge on any atom is 0.0218 e. The second-order valence-electron chi connectivity index (χ2n) is 5.29. The van der Waals surface area contributed by atoms with Crippen LogP contribution in [0.5, 0.6) is 0 Å². The van der Waals surface area contributed by atoms with E-state index in [1.54, 1.807) is 0 Å². The van der Waals surface area contributed by atoms with E-state index in [-0.39, 0.29) is 0 Å². The summed E-state index contributed by atoms with van der Waals surface area (Å²) in [5.74, 6) is 0.809. The minimum Gasteiger partial charge on any atom is -0.311 e. The van der Waals surface area contributed by atoms with Gasteiger partial charge in [-0.2, -0.15) is 0 Å². The van der Waals surface area contributed by atoms with Crippen LogP contribution in [0, 0.1) is 5.92 Å². The number of hydrogen-bond acceptors (Lipinski definition) is 2. The van der Waals surface area contributed by atoms with E-state index in [4.69, 9.17) is 0 Å². The summed E-state index contributed by atoms with van der Waals surface area (Å²) in [6, 6.07) is 1.49. The van der Waals surface area contributed by atoms with E-state index >= 15 is 0 Å². The van der Waals surface area contributed by atoms with Crippen LogP contribution in [-0.4, -0.2) is 36.6 Å². The molecule has 0 amide bonds. The minimum atomic E-state index is 0.722. The quantitative estimate of drug-likeness (QED) is 0.753. The van der Waals surface area contributed by atoms with Crippen molar-refractivity contribution in [3.63, 3.8) is 0 Å². The molecular weight excluding hydrogens is 184 g/mol. The second kappa shape index (κ2) is 6.49. The first kappa shape index (κ1) is 13.0. The van der Waals surface area contributed by atoms with E-state index in [2.05, 4.69) is 37.9 Å². The van der Waals surface area contributed by atoms with Gasteiger partial charge in [-0.25, -0.2) is 0 Å². The number of piperazine rings is 1. The number of nitrogens with zero attached hydrogens (tertiary/aromatic N) is 1. The fourth-order valence-electron chi connectivity index (χ4n) is 2.62. The van der Waals surface area contributed by atoms with Crippen molar-refractivity contribution in [2.45, 2.75) is 59.0 Å². The molecule has 1 rings (SSSR count). The van der Waals surface area contributed by atoms with Crippen molar-refractivity contribution >= 4 is 0 Å². The second-order valence-corrected chi connectivity index (χ2v) is 5.29. The molecule has 1 fully saturated rings. The zero-order valence-electron chi connectivity index (χ0n) is 10.9. The summed E-state index contributed by atoms with van der Waals surface area (Å²) in [5.41, 5.74) is 0. The molecule has 0 aromatic carbocycles. The first-order chi connectivity index (χ1) is 7.17. The molecule has 1 saturated heterocycles. The van der Waals surface area contributed by atoms with Crippen LogP contribution in [0.2, 0.25) is 0 Å². The van der Waals surface area contributed by atoms with Crippen molar-refractivity contribution < 1.29 is 0 Å². The Morgan fingerprint density at radius 2 is 2.07 bits per heavy atom. The summed E-state index contributed by atoms with van der Waals surface area (Å²) in [6.07, 6.45) is 3.88. The summed E-state index contributed by atoms with van der Waals surface area (Å²) in [4.78, 5) is 2.68. The Hall–Kier alpha value is -0.0800. The molecule has 0 saturated carbocycles. The van der Waals surface area contributed by atoms with Crippen molar-refractivity contribution in [1.82, 2.24) is 10.2 Å². The Balaban J connectivity index is 2.42. The van der Waals surface area contributed by atoms with Crippen LogP contribution in [0.1, 0.15) is 47.0 Å². The van der Waals surface area contributed by atoms with Crippen LogP contribution in [0.4, 0.5) is 0 Å². The highest BCUT2D eigenvalue weighted by atomic mass is 15.2. The first-order valence-electron chi connectivity index (χ1n) is 6.64. The highest BCUT2D eigenvalue weighted by Gasteiger charge is 2.25. The third-order valence-electron chi connectivity index (χ3n) is 3.35. The molecule has 0 aliphatic carbocycles. The van der Waals surface area contributed by atoms with Gasteiger partial charge in [-0.1, -0.05) is 27.7 Å².